The lowest BCUT2D eigenvalue weighted by Gasteiger charge is -2.16. The first-order valence-corrected chi connectivity index (χ1v) is 14.9. The second-order valence-corrected chi connectivity index (χ2v) is 10.9. The highest BCUT2D eigenvalue weighted by Gasteiger charge is 2.23. The van der Waals surface area contributed by atoms with Crippen LogP contribution >= 0.6 is 7.82 Å². The van der Waals surface area contributed by atoms with E-state index in [2.05, 4.69) is 6.92 Å². The van der Waals surface area contributed by atoms with Crippen molar-refractivity contribution in [1.82, 2.24) is 4.90 Å². The number of likely N-dealkylation sites (N-methyl/N-ethyl adjacent to an activating group) is 1. The Morgan fingerprint density at radius 1 is 0.794 bits per heavy atom. The van der Waals surface area contributed by atoms with Crippen LogP contribution in [-0.4, -0.2) is 67.4 Å². The van der Waals surface area contributed by atoms with Gasteiger partial charge in [0.05, 0.1) is 13.2 Å². The van der Waals surface area contributed by atoms with Crippen LogP contribution in [0.25, 0.3) is 0 Å². The number of aliphatic hydroxyl groups is 1. The lowest BCUT2D eigenvalue weighted by atomic mass is 10.0. The minimum Gasteiger partial charge on any atom is -0.463 e. The topological polar surface area (TPSA) is 106 Å². The normalized spacial score (nSPS) is 14.3. The van der Waals surface area contributed by atoms with Crippen LogP contribution in [0.3, 0.4) is 0 Å². The molecule has 0 aromatic carbocycles. The summed E-state index contributed by atoms with van der Waals surface area (Å²) in [5.41, 5.74) is 0. The van der Waals surface area contributed by atoms with Gasteiger partial charge in [-0.3, -0.25) is 13.8 Å². The maximum Gasteiger partial charge on any atom is 0.472 e. The zero-order valence-corrected chi connectivity index (χ0v) is 22.9. The third kappa shape index (κ3) is 24.6. The quantitative estimate of drug-likeness (QED) is 0.0897. The van der Waals surface area contributed by atoms with Crippen LogP contribution in [0.4, 0.5) is 0 Å². The van der Waals surface area contributed by atoms with E-state index in [9.17, 15) is 19.4 Å². The molecule has 0 amide bonds. The number of rotatable bonds is 25. The van der Waals surface area contributed by atoms with Crippen molar-refractivity contribution in [3.8, 4) is 0 Å². The van der Waals surface area contributed by atoms with E-state index in [-0.39, 0.29) is 19.2 Å². The fourth-order valence-electron chi connectivity index (χ4n) is 3.51. The number of ether oxygens (including phenoxy) is 1. The fourth-order valence-corrected chi connectivity index (χ4v) is 4.25. The first-order chi connectivity index (χ1) is 16.3. The average molecular weight is 510 g/mol. The highest BCUT2D eigenvalue weighted by atomic mass is 31.2. The van der Waals surface area contributed by atoms with Crippen LogP contribution < -0.4 is 0 Å². The SMILES string of the molecule is CCCCCCCCCCCCCCCCCC(=O)OC[C@@H](O)COP(=O)(O)OCCN(C)C. The highest BCUT2D eigenvalue weighted by molar-refractivity contribution is 7.47. The van der Waals surface area contributed by atoms with Gasteiger partial charge in [-0.05, 0) is 20.5 Å². The fraction of sp³-hybridized carbons (Fsp3) is 0.960. The minimum atomic E-state index is -4.22. The van der Waals surface area contributed by atoms with Gasteiger partial charge in [0.1, 0.15) is 12.7 Å². The summed E-state index contributed by atoms with van der Waals surface area (Å²) in [6.07, 6.45) is 18.1. The summed E-state index contributed by atoms with van der Waals surface area (Å²) in [6, 6.07) is 0. The Kier molecular flexibility index (Phi) is 22.6. The molecule has 0 rings (SSSR count). The van der Waals surface area contributed by atoms with E-state index in [0.29, 0.717) is 13.0 Å². The third-order valence-electron chi connectivity index (χ3n) is 5.64. The summed E-state index contributed by atoms with van der Waals surface area (Å²) < 4.78 is 26.2. The maximum absolute atomic E-state index is 11.8. The lowest BCUT2D eigenvalue weighted by Crippen LogP contribution is -2.24. The van der Waals surface area contributed by atoms with Crippen LogP contribution in [0.2, 0.25) is 0 Å². The molecule has 1 unspecified atom stereocenters. The Morgan fingerprint density at radius 3 is 1.74 bits per heavy atom. The van der Waals surface area contributed by atoms with E-state index in [0.717, 1.165) is 19.3 Å². The third-order valence-corrected chi connectivity index (χ3v) is 6.63. The molecule has 0 radical (unpaired) electrons. The van der Waals surface area contributed by atoms with Crippen molar-refractivity contribution < 1.29 is 33.1 Å². The van der Waals surface area contributed by atoms with Gasteiger partial charge in [-0.1, -0.05) is 96.8 Å². The lowest BCUT2D eigenvalue weighted by molar-refractivity contribution is -0.147. The van der Waals surface area contributed by atoms with Crippen LogP contribution in [0.1, 0.15) is 110 Å². The molecule has 0 saturated heterocycles. The molecule has 0 aliphatic carbocycles. The molecule has 9 heteroatoms. The van der Waals surface area contributed by atoms with Crippen molar-refractivity contribution in [3.05, 3.63) is 0 Å². The molecule has 2 atom stereocenters. The second kappa shape index (κ2) is 22.9. The van der Waals surface area contributed by atoms with Crippen molar-refractivity contribution in [2.75, 3.05) is 40.5 Å². The van der Waals surface area contributed by atoms with Gasteiger partial charge in [0.2, 0.25) is 0 Å². The number of phosphoric acid groups is 1. The van der Waals surface area contributed by atoms with E-state index in [1.54, 1.807) is 4.90 Å². The number of carbonyl (C=O) groups excluding carboxylic acids is 1. The molecule has 34 heavy (non-hydrogen) atoms. The van der Waals surface area contributed by atoms with Gasteiger partial charge in [-0.25, -0.2) is 4.57 Å². The number of esters is 1. The van der Waals surface area contributed by atoms with Crippen molar-refractivity contribution >= 4 is 13.8 Å². The van der Waals surface area contributed by atoms with Crippen LogP contribution in [0.5, 0.6) is 0 Å². The van der Waals surface area contributed by atoms with Gasteiger partial charge in [0.15, 0.2) is 0 Å². The molecule has 204 valence electrons. The number of nitrogens with zero attached hydrogens (tertiary/aromatic N) is 1. The molecule has 0 aromatic rings. The van der Waals surface area contributed by atoms with Crippen LogP contribution in [0, 0.1) is 0 Å². The van der Waals surface area contributed by atoms with E-state index < -0.39 is 20.5 Å². The Labute approximate surface area is 208 Å². The summed E-state index contributed by atoms with van der Waals surface area (Å²) in [4.78, 5) is 23.1. The van der Waals surface area contributed by atoms with Crippen LogP contribution in [-0.2, 0) is 23.1 Å². The Morgan fingerprint density at radius 2 is 1.26 bits per heavy atom. The molecule has 0 aliphatic heterocycles. The zero-order valence-electron chi connectivity index (χ0n) is 22.0. The first kappa shape index (κ1) is 33.5. The van der Waals surface area contributed by atoms with E-state index in [1.807, 2.05) is 14.1 Å². The summed E-state index contributed by atoms with van der Waals surface area (Å²) in [7, 11) is -0.604. The maximum atomic E-state index is 11.8. The number of carbonyl (C=O) groups is 1. The zero-order chi connectivity index (χ0) is 25.5. The van der Waals surface area contributed by atoms with Gasteiger partial charge in [-0.15, -0.1) is 0 Å². The molecule has 0 saturated carbocycles. The molecule has 0 aromatic heterocycles. The predicted molar refractivity (Wildman–Crippen MR) is 137 cm³/mol. The van der Waals surface area contributed by atoms with E-state index in [4.69, 9.17) is 13.8 Å². The molecule has 0 fully saturated rings. The molecular formula is C25H52NO7P. The van der Waals surface area contributed by atoms with Gasteiger partial charge in [-0.2, -0.15) is 0 Å². The first-order valence-electron chi connectivity index (χ1n) is 13.4. The molecule has 0 aliphatic rings. The van der Waals surface area contributed by atoms with E-state index in [1.165, 1.54) is 77.0 Å². The van der Waals surface area contributed by atoms with Gasteiger partial charge in [0, 0.05) is 13.0 Å². The predicted octanol–water partition coefficient (Wildman–Crippen LogP) is 5.85. The number of hydrogen-bond donors (Lipinski definition) is 2. The standard InChI is InChI=1S/C25H52NO7P/c1-4-5-6-7-8-9-10-11-12-13-14-15-16-17-18-19-25(28)31-22-24(27)23-33-34(29,30)32-21-20-26(2)3/h24,27H,4-23H2,1-3H3,(H,29,30)/t24-/m1/s1. The number of phosphoric ester groups is 1. The van der Waals surface area contributed by atoms with Gasteiger partial charge < -0.3 is 19.6 Å². The second-order valence-electron chi connectivity index (χ2n) is 9.44. The highest BCUT2D eigenvalue weighted by Crippen LogP contribution is 2.42. The van der Waals surface area contributed by atoms with E-state index >= 15 is 0 Å². The van der Waals surface area contributed by atoms with Crippen molar-refractivity contribution in [2.45, 2.75) is 116 Å². The molecule has 8 nitrogen and oxygen atoms in total. The Balaban J connectivity index is 3.48. The van der Waals surface area contributed by atoms with Crippen molar-refractivity contribution in [1.29, 1.82) is 0 Å². The summed E-state index contributed by atoms with van der Waals surface area (Å²) in [5, 5.41) is 9.78. The van der Waals surface area contributed by atoms with Crippen molar-refractivity contribution in [3.63, 3.8) is 0 Å². The monoisotopic (exact) mass is 509 g/mol. The summed E-state index contributed by atoms with van der Waals surface area (Å²) >= 11 is 0. The molecule has 2 N–H and O–H groups in total. The van der Waals surface area contributed by atoms with Gasteiger partial charge in [0.25, 0.3) is 0 Å². The smallest absolute Gasteiger partial charge is 0.463 e. The number of hydrogen-bond acceptors (Lipinski definition) is 7. The number of unbranched alkanes of at least 4 members (excludes halogenated alkanes) is 14. The number of aliphatic hydroxyl groups excluding tert-OH is 1. The summed E-state index contributed by atoms with van der Waals surface area (Å²) in [5.74, 6) is -0.372. The molecular weight excluding hydrogens is 457 g/mol. The summed E-state index contributed by atoms with van der Waals surface area (Å²) in [6.45, 7) is 2.04. The Hall–Kier alpha value is -0.500. The molecule has 0 spiro atoms. The molecule has 0 heterocycles. The Bertz CT molecular complexity index is 519. The van der Waals surface area contributed by atoms with Crippen molar-refractivity contribution in [2.24, 2.45) is 0 Å². The minimum absolute atomic E-state index is 0.0329. The average Bonchev–Trinajstić information content (AvgIpc) is 2.78. The van der Waals surface area contributed by atoms with Gasteiger partial charge >= 0.3 is 13.8 Å². The largest absolute Gasteiger partial charge is 0.472 e. The van der Waals surface area contributed by atoms with Crippen LogP contribution in [0.15, 0.2) is 0 Å². The molecule has 0 bridgehead atoms.